The Bertz CT molecular complexity index is 744. The summed E-state index contributed by atoms with van der Waals surface area (Å²) in [6, 6.07) is 3.68. The fourth-order valence-corrected chi connectivity index (χ4v) is 2.38. The summed E-state index contributed by atoms with van der Waals surface area (Å²) in [4.78, 5) is 17.8. The SMILES string of the molecule is Cc1nn(C)c(C)c1CNc1ccc(N(C)C(=O)OC(C)(C)C)nc1. The van der Waals surface area contributed by atoms with Gasteiger partial charge in [0.25, 0.3) is 0 Å². The zero-order valence-electron chi connectivity index (χ0n) is 16.0. The number of carbonyl (C=O) groups is 1. The van der Waals surface area contributed by atoms with Gasteiger partial charge in [0.05, 0.1) is 17.6 Å². The molecule has 0 fully saturated rings. The molecular formula is C18H27N5O2. The van der Waals surface area contributed by atoms with Gasteiger partial charge in [0.1, 0.15) is 11.4 Å². The highest BCUT2D eigenvalue weighted by molar-refractivity contribution is 5.86. The molecule has 0 aliphatic rings. The van der Waals surface area contributed by atoms with Gasteiger partial charge in [-0.05, 0) is 46.8 Å². The van der Waals surface area contributed by atoms with E-state index in [0.717, 1.165) is 17.1 Å². The van der Waals surface area contributed by atoms with Crippen LogP contribution in [0.2, 0.25) is 0 Å². The molecule has 2 aromatic rings. The number of hydrogen-bond acceptors (Lipinski definition) is 5. The van der Waals surface area contributed by atoms with E-state index in [4.69, 9.17) is 4.74 Å². The van der Waals surface area contributed by atoms with Crippen LogP contribution in [-0.4, -0.2) is 33.5 Å². The standard InChI is InChI=1S/C18H27N5O2/c1-12-15(13(2)23(7)21-12)11-19-14-8-9-16(20-10-14)22(6)17(24)25-18(3,4)5/h8-10,19H,11H2,1-7H3. The Labute approximate surface area is 149 Å². The second kappa shape index (κ2) is 7.13. The molecule has 0 saturated heterocycles. The van der Waals surface area contributed by atoms with Gasteiger partial charge in [-0.25, -0.2) is 9.78 Å². The third-order valence-electron chi connectivity index (χ3n) is 3.89. The number of anilines is 2. The van der Waals surface area contributed by atoms with Crippen molar-refractivity contribution in [3.05, 3.63) is 35.3 Å². The molecule has 0 unspecified atom stereocenters. The van der Waals surface area contributed by atoms with Gasteiger partial charge in [-0.2, -0.15) is 5.10 Å². The average molecular weight is 345 g/mol. The highest BCUT2D eigenvalue weighted by Crippen LogP contribution is 2.18. The van der Waals surface area contributed by atoms with Crippen LogP contribution in [0.1, 0.15) is 37.7 Å². The summed E-state index contributed by atoms with van der Waals surface area (Å²) < 4.78 is 7.22. The molecular weight excluding hydrogens is 318 g/mol. The largest absolute Gasteiger partial charge is 0.443 e. The second-order valence-corrected chi connectivity index (χ2v) is 7.07. The van der Waals surface area contributed by atoms with Gasteiger partial charge in [0.2, 0.25) is 0 Å². The number of nitrogens with zero attached hydrogens (tertiary/aromatic N) is 4. The number of amides is 1. The molecule has 25 heavy (non-hydrogen) atoms. The number of nitrogens with one attached hydrogen (secondary N) is 1. The third-order valence-corrected chi connectivity index (χ3v) is 3.89. The molecule has 0 atom stereocenters. The lowest BCUT2D eigenvalue weighted by atomic mass is 10.2. The summed E-state index contributed by atoms with van der Waals surface area (Å²) in [7, 11) is 3.58. The molecule has 0 aromatic carbocycles. The van der Waals surface area contributed by atoms with E-state index in [2.05, 4.69) is 15.4 Å². The molecule has 1 N–H and O–H groups in total. The van der Waals surface area contributed by atoms with Crippen molar-refractivity contribution in [3.8, 4) is 0 Å². The van der Waals surface area contributed by atoms with Crippen LogP contribution in [0.3, 0.4) is 0 Å². The molecule has 7 heteroatoms. The number of rotatable bonds is 4. The van der Waals surface area contributed by atoms with Crippen LogP contribution in [-0.2, 0) is 18.3 Å². The van der Waals surface area contributed by atoms with E-state index in [-0.39, 0.29) is 0 Å². The smallest absolute Gasteiger partial charge is 0.415 e. The number of ether oxygens (including phenoxy) is 1. The molecule has 2 rings (SSSR count). The lowest BCUT2D eigenvalue weighted by Crippen LogP contribution is -2.34. The van der Waals surface area contributed by atoms with Crippen LogP contribution < -0.4 is 10.2 Å². The maximum Gasteiger partial charge on any atom is 0.415 e. The van der Waals surface area contributed by atoms with Crippen LogP contribution in [0.4, 0.5) is 16.3 Å². The molecule has 0 aliphatic heterocycles. The minimum atomic E-state index is -0.535. The second-order valence-electron chi connectivity index (χ2n) is 7.07. The van der Waals surface area contributed by atoms with Gasteiger partial charge >= 0.3 is 6.09 Å². The molecule has 0 aliphatic carbocycles. The maximum atomic E-state index is 12.1. The molecule has 1 amide bonds. The zero-order chi connectivity index (χ0) is 18.8. The highest BCUT2D eigenvalue weighted by Gasteiger charge is 2.21. The number of aryl methyl sites for hydroxylation is 2. The fourth-order valence-electron chi connectivity index (χ4n) is 2.38. The molecule has 136 valence electrons. The molecule has 2 aromatic heterocycles. The highest BCUT2D eigenvalue weighted by atomic mass is 16.6. The number of hydrogen-bond donors (Lipinski definition) is 1. The van der Waals surface area contributed by atoms with Crippen molar-refractivity contribution in [3.63, 3.8) is 0 Å². The molecule has 7 nitrogen and oxygen atoms in total. The summed E-state index contributed by atoms with van der Waals surface area (Å²) >= 11 is 0. The first-order valence-electron chi connectivity index (χ1n) is 8.24. The van der Waals surface area contributed by atoms with Gasteiger partial charge in [-0.3, -0.25) is 9.58 Å². The Kier molecular flexibility index (Phi) is 5.35. The van der Waals surface area contributed by atoms with Crippen molar-refractivity contribution in [2.45, 2.75) is 46.8 Å². The van der Waals surface area contributed by atoms with Crippen LogP contribution >= 0.6 is 0 Å². The fraction of sp³-hybridized carbons (Fsp3) is 0.500. The predicted molar refractivity (Wildman–Crippen MR) is 98.9 cm³/mol. The van der Waals surface area contributed by atoms with E-state index >= 15 is 0 Å². The van der Waals surface area contributed by atoms with Gasteiger partial charge in [-0.15, -0.1) is 0 Å². The first-order valence-corrected chi connectivity index (χ1v) is 8.24. The monoisotopic (exact) mass is 345 g/mol. The Morgan fingerprint density at radius 3 is 2.48 bits per heavy atom. The van der Waals surface area contributed by atoms with Crippen LogP contribution in [0.15, 0.2) is 18.3 Å². The summed E-state index contributed by atoms with van der Waals surface area (Å²) in [5.41, 5.74) is 3.68. The van der Waals surface area contributed by atoms with Gasteiger partial charge < -0.3 is 10.1 Å². The summed E-state index contributed by atoms with van der Waals surface area (Å²) in [6.07, 6.45) is 1.28. The quantitative estimate of drug-likeness (QED) is 0.919. The minimum Gasteiger partial charge on any atom is -0.443 e. The van der Waals surface area contributed by atoms with Crippen molar-refractivity contribution < 1.29 is 9.53 Å². The molecule has 0 saturated carbocycles. The first-order chi connectivity index (χ1) is 11.6. The van der Waals surface area contributed by atoms with E-state index < -0.39 is 11.7 Å². The number of pyridine rings is 1. The van der Waals surface area contributed by atoms with Crippen LogP contribution in [0, 0.1) is 13.8 Å². The topological polar surface area (TPSA) is 72.3 Å². The van der Waals surface area contributed by atoms with Crippen molar-refractivity contribution in [1.82, 2.24) is 14.8 Å². The summed E-state index contributed by atoms with van der Waals surface area (Å²) in [6.45, 7) is 10.2. The number of carbonyl (C=O) groups excluding carboxylic acids is 1. The average Bonchev–Trinajstić information content (AvgIpc) is 2.76. The van der Waals surface area contributed by atoms with E-state index in [1.165, 1.54) is 10.5 Å². The van der Waals surface area contributed by atoms with Gasteiger partial charge in [-0.1, -0.05) is 0 Å². The molecule has 0 spiro atoms. The Hall–Kier alpha value is -2.57. The van der Waals surface area contributed by atoms with Gasteiger partial charge in [0, 0.05) is 31.9 Å². The molecule has 2 heterocycles. The Morgan fingerprint density at radius 1 is 1.32 bits per heavy atom. The first kappa shape index (κ1) is 18.8. The number of aromatic nitrogens is 3. The normalized spacial score (nSPS) is 11.3. The van der Waals surface area contributed by atoms with E-state index in [1.807, 2.05) is 52.4 Å². The third kappa shape index (κ3) is 4.71. The van der Waals surface area contributed by atoms with Crippen LogP contribution in [0.25, 0.3) is 0 Å². The van der Waals surface area contributed by atoms with Crippen LogP contribution in [0.5, 0.6) is 0 Å². The van der Waals surface area contributed by atoms with E-state index in [0.29, 0.717) is 12.4 Å². The van der Waals surface area contributed by atoms with Crippen molar-refractivity contribution in [1.29, 1.82) is 0 Å². The maximum absolute atomic E-state index is 12.1. The van der Waals surface area contributed by atoms with Crippen molar-refractivity contribution in [2.24, 2.45) is 7.05 Å². The Morgan fingerprint density at radius 2 is 2.00 bits per heavy atom. The van der Waals surface area contributed by atoms with E-state index in [9.17, 15) is 4.79 Å². The van der Waals surface area contributed by atoms with E-state index in [1.54, 1.807) is 19.3 Å². The molecule has 0 radical (unpaired) electrons. The molecule has 0 bridgehead atoms. The zero-order valence-corrected chi connectivity index (χ0v) is 16.0. The lowest BCUT2D eigenvalue weighted by Gasteiger charge is -2.24. The van der Waals surface area contributed by atoms with Gasteiger partial charge in [0.15, 0.2) is 0 Å². The summed E-state index contributed by atoms with van der Waals surface area (Å²) in [5, 5.41) is 7.75. The minimum absolute atomic E-state index is 0.428. The van der Waals surface area contributed by atoms with Crippen molar-refractivity contribution >= 4 is 17.6 Å². The predicted octanol–water partition coefficient (Wildman–Crippen LogP) is 3.42. The summed E-state index contributed by atoms with van der Waals surface area (Å²) in [5.74, 6) is 0.536. The Balaban J connectivity index is 2.01. The lowest BCUT2D eigenvalue weighted by molar-refractivity contribution is 0.0588. The van der Waals surface area contributed by atoms with Crippen molar-refractivity contribution in [2.75, 3.05) is 17.3 Å².